The van der Waals surface area contributed by atoms with Gasteiger partial charge in [0.2, 0.25) is 0 Å². The summed E-state index contributed by atoms with van der Waals surface area (Å²) in [6.07, 6.45) is 2.06. The zero-order chi connectivity index (χ0) is 13.3. The number of hydrogen-bond acceptors (Lipinski definition) is 2. The van der Waals surface area contributed by atoms with E-state index in [2.05, 4.69) is 26.1 Å². The first-order valence-corrected chi connectivity index (χ1v) is 6.52. The molecule has 3 heteroatoms. The standard InChI is InChI=1S/C15H22FNO/c1-15(2,3)9-11-8-13(17-4)12-6-5-10(16)7-14(12)18-11/h5-7,11,13,17H,8-9H2,1-4H3. The highest BCUT2D eigenvalue weighted by atomic mass is 19.1. The van der Waals surface area contributed by atoms with Gasteiger partial charge in [0.15, 0.2) is 0 Å². The molecule has 1 N–H and O–H groups in total. The largest absolute Gasteiger partial charge is 0.490 e. The summed E-state index contributed by atoms with van der Waals surface area (Å²) in [5.41, 5.74) is 1.28. The Morgan fingerprint density at radius 2 is 2.11 bits per heavy atom. The molecule has 0 saturated heterocycles. The van der Waals surface area contributed by atoms with Gasteiger partial charge < -0.3 is 10.1 Å². The van der Waals surface area contributed by atoms with E-state index in [0.717, 1.165) is 18.4 Å². The van der Waals surface area contributed by atoms with E-state index in [-0.39, 0.29) is 23.4 Å². The van der Waals surface area contributed by atoms with Crippen molar-refractivity contribution in [2.24, 2.45) is 5.41 Å². The topological polar surface area (TPSA) is 21.3 Å². The number of hydrogen-bond donors (Lipinski definition) is 1. The van der Waals surface area contributed by atoms with Crippen molar-refractivity contribution in [1.82, 2.24) is 5.32 Å². The van der Waals surface area contributed by atoms with Crippen LogP contribution in [-0.4, -0.2) is 13.2 Å². The van der Waals surface area contributed by atoms with Crippen molar-refractivity contribution in [3.63, 3.8) is 0 Å². The van der Waals surface area contributed by atoms with Crippen LogP contribution in [0.2, 0.25) is 0 Å². The smallest absolute Gasteiger partial charge is 0.127 e. The lowest BCUT2D eigenvalue weighted by Crippen LogP contribution is -2.34. The molecule has 0 aromatic heterocycles. The Labute approximate surface area is 109 Å². The van der Waals surface area contributed by atoms with Gasteiger partial charge in [-0.2, -0.15) is 0 Å². The van der Waals surface area contributed by atoms with E-state index in [9.17, 15) is 4.39 Å². The normalized spacial score (nSPS) is 23.4. The molecule has 1 heterocycles. The van der Waals surface area contributed by atoms with Crippen LogP contribution < -0.4 is 10.1 Å². The van der Waals surface area contributed by atoms with Crippen LogP contribution in [0.5, 0.6) is 5.75 Å². The Morgan fingerprint density at radius 3 is 2.72 bits per heavy atom. The maximum atomic E-state index is 13.3. The fourth-order valence-corrected chi connectivity index (χ4v) is 2.60. The second-order valence-corrected chi connectivity index (χ2v) is 6.26. The molecule has 1 aromatic rings. The summed E-state index contributed by atoms with van der Waals surface area (Å²) in [6, 6.07) is 5.06. The van der Waals surface area contributed by atoms with Gasteiger partial charge in [-0.25, -0.2) is 4.39 Å². The van der Waals surface area contributed by atoms with Gasteiger partial charge in [-0.15, -0.1) is 0 Å². The molecule has 0 radical (unpaired) electrons. The van der Waals surface area contributed by atoms with Gasteiger partial charge in [-0.3, -0.25) is 0 Å². The van der Waals surface area contributed by atoms with Crippen molar-refractivity contribution in [1.29, 1.82) is 0 Å². The van der Waals surface area contributed by atoms with Gasteiger partial charge in [-0.05, 0) is 24.9 Å². The van der Waals surface area contributed by atoms with Gasteiger partial charge in [0.05, 0.1) is 0 Å². The highest BCUT2D eigenvalue weighted by Gasteiger charge is 2.30. The van der Waals surface area contributed by atoms with Crippen molar-refractivity contribution in [2.45, 2.75) is 45.8 Å². The number of rotatable bonds is 2. The van der Waals surface area contributed by atoms with E-state index >= 15 is 0 Å². The molecule has 0 fully saturated rings. The van der Waals surface area contributed by atoms with Gasteiger partial charge >= 0.3 is 0 Å². The Balaban J connectivity index is 2.23. The summed E-state index contributed by atoms with van der Waals surface area (Å²) in [5, 5.41) is 3.29. The van der Waals surface area contributed by atoms with Crippen LogP contribution in [0.4, 0.5) is 4.39 Å². The minimum absolute atomic E-state index is 0.150. The molecule has 1 aliphatic heterocycles. The van der Waals surface area contributed by atoms with Crippen LogP contribution in [0.3, 0.4) is 0 Å². The summed E-state index contributed by atoms with van der Waals surface area (Å²) < 4.78 is 19.2. The van der Waals surface area contributed by atoms with Gasteiger partial charge in [0.25, 0.3) is 0 Å². The van der Waals surface area contributed by atoms with Crippen LogP contribution in [0.15, 0.2) is 18.2 Å². The third-order valence-electron chi connectivity index (χ3n) is 3.33. The molecule has 18 heavy (non-hydrogen) atoms. The molecule has 0 spiro atoms. The second kappa shape index (κ2) is 4.88. The summed E-state index contributed by atoms with van der Waals surface area (Å²) >= 11 is 0. The molecule has 2 rings (SSSR count). The number of benzene rings is 1. The molecule has 2 unspecified atom stereocenters. The SMILES string of the molecule is CNC1CC(CC(C)(C)C)Oc2cc(F)ccc21. The predicted molar refractivity (Wildman–Crippen MR) is 71.3 cm³/mol. The van der Waals surface area contributed by atoms with Crippen molar-refractivity contribution < 1.29 is 9.13 Å². The van der Waals surface area contributed by atoms with Crippen molar-refractivity contribution in [3.05, 3.63) is 29.6 Å². The molecule has 2 nitrogen and oxygen atoms in total. The molecular formula is C15H22FNO. The first-order valence-electron chi connectivity index (χ1n) is 6.52. The molecule has 100 valence electrons. The quantitative estimate of drug-likeness (QED) is 0.866. The maximum Gasteiger partial charge on any atom is 0.127 e. The molecule has 0 aliphatic carbocycles. The van der Waals surface area contributed by atoms with E-state index in [4.69, 9.17) is 4.74 Å². The number of fused-ring (bicyclic) bond motifs is 1. The average molecular weight is 251 g/mol. The minimum Gasteiger partial charge on any atom is -0.490 e. The van der Waals surface area contributed by atoms with Crippen LogP contribution in [0.1, 0.15) is 45.2 Å². The van der Waals surface area contributed by atoms with Crippen molar-refractivity contribution in [2.75, 3.05) is 7.05 Å². The van der Waals surface area contributed by atoms with Crippen LogP contribution in [-0.2, 0) is 0 Å². The maximum absolute atomic E-state index is 13.3. The zero-order valence-electron chi connectivity index (χ0n) is 11.6. The Morgan fingerprint density at radius 1 is 1.39 bits per heavy atom. The molecule has 1 aromatic carbocycles. The zero-order valence-corrected chi connectivity index (χ0v) is 11.6. The number of halogens is 1. The molecule has 1 aliphatic rings. The van der Waals surface area contributed by atoms with Crippen molar-refractivity contribution >= 4 is 0 Å². The van der Waals surface area contributed by atoms with Crippen LogP contribution in [0, 0.1) is 11.2 Å². The Hall–Kier alpha value is -1.09. The molecule has 0 amide bonds. The lowest BCUT2D eigenvalue weighted by molar-refractivity contribution is 0.106. The van der Waals surface area contributed by atoms with E-state index < -0.39 is 0 Å². The van der Waals surface area contributed by atoms with E-state index in [0.29, 0.717) is 5.75 Å². The summed E-state index contributed by atoms with van der Waals surface area (Å²) in [6.45, 7) is 6.60. The van der Waals surface area contributed by atoms with E-state index in [1.165, 1.54) is 12.1 Å². The third kappa shape index (κ3) is 3.02. The number of nitrogens with one attached hydrogen (secondary N) is 1. The van der Waals surface area contributed by atoms with E-state index in [1.807, 2.05) is 13.1 Å². The second-order valence-electron chi connectivity index (χ2n) is 6.26. The highest BCUT2D eigenvalue weighted by Crippen LogP contribution is 2.38. The van der Waals surface area contributed by atoms with Crippen molar-refractivity contribution in [3.8, 4) is 5.75 Å². The third-order valence-corrected chi connectivity index (χ3v) is 3.33. The molecule has 0 saturated carbocycles. The van der Waals surface area contributed by atoms with Crippen LogP contribution in [0.25, 0.3) is 0 Å². The lowest BCUT2D eigenvalue weighted by atomic mass is 9.85. The fraction of sp³-hybridized carbons (Fsp3) is 0.600. The monoisotopic (exact) mass is 251 g/mol. The van der Waals surface area contributed by atoms with Gasteiger partial charge in [-0.1, -0.05) is 26.8 Å². The lowest BCUT2D eigenvalue weighted by Gasteiger charge is -2.35. The fourth-order valence-electron chi connectivity index (χ4n) is 2.60. The number of ether oxygens (including phenoxy) is 1. The summed E-state index contributed by atoms with van der Waals surface area (Å²) in [4.78, 5) is 0. The predicted octanol–water partition coefficient (Wildman–Crippen LogP) is 3.67. The average Bonchev–Trinajstić information content (AvgIpc) is 2.25. The first kappa shape index (κ1) is 13.3. The molecule has 2 atom stereocenters. The summed E-state index contributed by atoms with van der Waals surface area (Å²) in [7, 11) is 1.94. The van der Waals surface area contributed by atoms with Crippen LogP contribution >= 0.6 is 0 Å². The summed E-state index contributed by atoms with van der Waals surface area (Å²) in [5.74, 6) is 0.454. The molecule has 0 bridgehead atoms. The van der Waals surface area contributed by atoms with Gasteiger partial charge in [0, 0.05) is 24.1 Å². The molecular weight excluding hydrogens is 229 g/mol. The van der Waals surface area contributed by atoms with E-state index in [1.54, 1.807) is 0 Å². The first-order chi connectivity index (χ1) is 8.39. The van der Waals surface area contributed by atoms with Gasteiger partial charge in [0.1, 0.15) is 17.7 Å². The minimum atomic E-state index is -0.236. The Bertz CT molecular complexity index is 425. The Kier molecular flexibility index (Phi) is 3.62. The highest BCUT2D eigenvalue weighted by molar-refractivity contribution is 5.38.